The molecule has 0 bridgehead atoms. The molecule has 1 saturated heterocycles. The molecule has 0 aromatic carbocycles. The quantitative estimate of drug-likeness (QED) is 0.492. The van der Waals surface area contributed by atoms with Gasteiger partial charge in [0.2, 0.25) is 5.91 Å². The highest BCUT2D eigenvalue weighted by Crippen LogP contribution is 2.30. The topological polar surface area (TPSA) is 105 Å². The van der Waals surface area contributed by atoms with Gasteiger partial charge in [0, 0.05) is 35.4 Å². The van der Waals surface area contributed by atoms with Crippen molar-refractivity contribution in [1.82, 2.24) is 25.3 Å². The summed E-state index contributed by atoms with van der Waals surface area (Å²) in [5.41, 5.74) is 0.913. The predicted octanol–water partition coefficient (Wildman–Crippen LogP) is 4.11. The van der Waals surface area contributed by atoms with Crippen LogP contribution in [0.25, 0.3) is 22.4 Å². The molecule has 176 valence electrons. The van der Waals surface area contributed by atoms with Crippen LogP contribution in [0.5, 0.6) is 0 Å². The maximum atomic E-state index is 14.5. The molecule has 4 heterocycles. The van der Waals surface area contributed by atoms with Crippen LogP contribution in [0.15, 0.2) is 24.7 Å². The number of ether oxygens (including phenoxy) is 1. The molecular weight excluding hydrogens is 470 g/mol. The van der Waals surface area contributed by atoms with Crippen LogP contribution in [-0.4, -0.2) is 51.1 Å². The summed E-state index contributed by atoms with van der Waals surface area (Å²) in [7, 11) is 0. The molecule has 11 heteroatoms. The van der Waals surface area contributed by atoms with Gasteiger partial charge in [-0.1, -0.05) is 11.6 Å². The van der Waals surface area contributed by atoms with Crippen molar-refractivity contribution < 1.29 is 13.9 Å². The van der Waals surface area contributed by atoms with Crippen LogP contribution in [-0.2, 0) is 9.53 Å². The first-order valence-corrected chi connectivity index (χ1v) is 11.1. The average molecular weight is 495 g/mol. The third kappa shape index (κ3) is 4.76. The summed E-state index contributed by atoms with van der Waals surface area (Å²) in [6, 6.07) is 1.81. The molecule has 0 spiro atoms. The van der Waals surface area contributed by atoms with Crippen molar-refractivity contribution in [3.05, 3.63) is 35.5 Å². The van der Waals surface area contributed by atoms with Crippen molar-refractivity contribution in [3.63, 3.8) is 0 Å². The number of hydrogen-bond acceptors (Lipinski definition) is 6. The van der Waals surface area contributed by atoms with E-state index in [4.69, 9.17) is 16.3 Å². The van der Waals surface area contributed by atoms with Gasteiger partial charge in [0.1, 0.15) is 5.65 Å². The van der Waals surface area contributed by atoms with E-state index in [2.05, 4.69) is 30.6 Å². The van der Waals surface area contributed by atoms with Crippen LogP contribution < -0.4 is 10.6 Å². The van der Waals surface area contributed by atoms with E-state index in [-0.39, 0.29) is 36.2 Å². The number of nitrogens with zero attached hydrogens (tertiary/aromatic N) is 3. The van der Waals surface area contributed by atoms with E-state index >= 15 is 0 Å². The van der Waals surface area contributed by atoms with Crippen molar-refractivity contribution in [3.8, 4) is 11.4 Å². The first-order valence-electron chi connectivity index (χ1n) is 10.7. The van der Waals surface area contributed by atoms with Gasteiger partial charge in [-0.15, -0.1) is 12.4 Å². The second-order valence-electron chi connectivity index (χ2n) is 8.87. The zero-order valence-electron chi connectivity index (χ0n) is 18.0. The van der Waals surface area contributed by atoms with Gasteiger partial charge in [-0.25, -0.2) is 19.3 Å². The van der Waals surface area contributed by atoms with Crippen LogP contribution in [0.1, 0.15) is 32.6 Å². The average Bonchev–Trinajstić information content (AvgIpc) is 3.17. The number of anilines is 1. The molecule has 1 aliphatic carbocycles. The second kappa shape index (κ2) is 9.40. The fraction of sp³-hybridized carbons (Fsp3) is 0.455. The van der Waals surface area contributed by atoms with Crippen LogP contribution >= 0.6 is 24.0 Å². The zero-order chi connectivity index (χ0) is 22.3. The van der Waals surface area contributed by atoms with Crippen LogP contribution in [0.3, 0.4) is 0 Å². The molecule has 33 heavy (non-hydrogen) atoms. The van der Waals surface area contributed by atoms with E-state index < -0.39 is 11.2 Å². The van der Waals surface area contributed by atoms with Gasteiger partial charge >= 0.3 is 0 Å². The number of aromatic nitrogens is 4. The second-order valence-corrected chi connectivity index (χ2v) is 9.31. The highest BCUT2D eigenvalue weighted by molar-refractivity contribution is 6.31. The van der Waals surface area contributed by atoms with Crippen molar-refractivity contribution in [2.24, 2.45) is 5.41 Å². The van der Waals surface area contributed by atoms with Crippen molar-refractivity contribution in [1.29, 1.82) is 0 Å². The number of pyridine rings is 1. The summed E-state index contributed by atoms with van der Waals surface area (Å²) >= 11 is 6.08. The van der Waals surface area contributed by atoms with E-state index in [1.54, 1.807) is 18.5 Å². The molecule has 1 aliphatic heterocycles. The molecule has 8 nitrogen and oxygen atoms in total. The standard InChI is InChI=1S/C22H24ClFN6O2.ClH/c1-22(10-32-11-22)21(31)29-14-4-2-3-13(6-14)28-20-17(24)9-27-19(30-20)16-8-26-18-15(16)5-12(23)7-25-18;/h5,7-9,13-14H,2-4,6,10-11H2,1H3,(H,25,26)(H,29,31)(H,27,28,30);1H/t13-,14+;/m0./s1. The smallest absolute Gasteiger partial charge is 0.230 e. The fourth-order valence-electron chi connectivity index (χ4n) is 4.31. The lowest BCUT2D eigenvalue weighted by Gasteiger charge is -2.39. The van der Waals surface area contributed by atoms with Gasteiger partial charge in [-0.05, 0) is 38.7 Å². The Kier molecular flexibility index (Phi) is 6.74. The molecule has 2 aliphatic rings. The minimum atomic E-state index is -0.518. The van der Waals surface area contributed by atoms with Gasteiger partial charge in [-0.2, -0.15) is 0 Å². The lowest BCUT2D eigenvalue weighted by molar-refractivity contribution is -0.158. The first kappa shape index (κ1) is 23.7. The van der Waals surface area contributed by atoms with Crippen molar-refractivity contribution in [2.45, 2.75) is 44.7 Å². The molecule has 3 aromatic heterocycles. The molecule has 2 fully saturated rings. The highest BCUT2D eigenvalue weighted by Gasteiger charge is 2.42. The predicted molar refractivity (Wildman–Crippen MR) is 126 cm³/mol. The lowest BCUT2D eigenvalue weighted by Crippen LogP contribution is -2.55. The number of carbonyl (C=O) groups excluding carboxylic acids is 1. The number of nitrogens with one attached hydrogen (secondary N) is 3. The van der Waals surface area contributed by atoms with E-state index in [1.165, 1.54) is 6.20 Å². The maximum Gasteiger partial charge on any atom is 0.230 e. The summed E-state index contributed by atoms with van der Waals surface area (Å²) in [6.07, 6.45) is 7.87. The van der Waals surface area contributed by atoms with E-state index in [1.807, 2.05) is 6.92 Å². The minimum absolute atomic E-state index is 0. The lowest BCUT2D eigenvalue weighted by atomic mass is 9.85. The Morgan fingerprint density at radius 1 is 1.27 bits per heavy atom. The molecule has 0 radical (unpaired) electrons. The molecule has 3 N–H and O–H groups in total. The number of amides is 1. The normalized spacial score (nSPS) is 21.7. The molecule has 1 amide bonds. The summed E-state index contributed by atoms with van der Waals surface area (Å²) in [5, 5.41) is 7.63. The number of aromatic amines is 1. The molecule has 3 aromatic rings. The molecule has 5 rings (SSSR count). The summed E-state index contributed by atoms with van der Waals surface area (Å²) in [6.45, 7) is 2.82. The van der Waals surface area contributed by atoms with E-state index in [9.17, 15) is 9.18 Å². The Balaban J connectivity index is 0.00000259. The van der Waals surface area contributed by atoms with Crippen molar-refractivity contribution >= 4 is 46.8 Å². The number of fused-ring (bicyclic) bond motifs is 1. The van der Waals surface area contributed by atoms with Gasteiger partial charge in [0.15, 0.2) is 17.5 Å². The Bertz CT molecular complexity index is 1170. The third-order valence-electron chi connectivity index (χ3n) is 6.22. The minimum Gasteiger partial charge on any atom is -0.379 e. The van der Waals surface area contributed by atoms with Gasteiger partial charge in [0.05, 0.1) is 29.8 Å². The van der Waals surface area contributed by atoms with E-state index in [0.717, 1.165) is 24.6 Å². The summed E-state index contributed by atoms with van der Waals surface area (Å²) < 4.78 is 19.7. The summed E-state index contributed by atoms with van der Waals surface area (Å²) in [4.78, 5) is 28.4. The number of hydrogen-bond donors (Lipinski definition) is 3. The van der Waals surface area contributed by atoms with E-state index in [0.29, 0.717) is 41.7 Å². The number of H-pyrrole nitrogens is 1. The van der Waals surface area contributed by atoms with Crippen LogP contribution in [0.2, 0.25) is 5.02 Å². The highest BCUT2D eigenvalue weighted by atomic mass is 35.5. The van der Waals surface area contributed by atoms with Crippen molar-refractivity contribution in [2.75, 3.05) is 18.5 Å². The Labute approximate surface area is 201 Å². The summed E-state index contributed by atoms with van der Waals surface area (Å²) in [5.74, 6) is 0.0324. The molecular formula is C22H25Cl2FN6O2. The Morgan fingerprint density at radius 2 is 2.06 bits per heavy atom. The maximum absolute atomic E-state index is 14.5. The van der Waals surface area contributed by atoms with Crippen LogP contribution in [0, 0.1) is 11.2 Å². The number of halogens is 3. The van der Waals surface area contributed by atoms with Gasteiger partial charge < -0.3 is 20.4 Å². The largest absolute Gasteiger partial charge is 0.379 e. The SMILES string of the molecule is CC1(C(=O)N[C@@H]2CCC[C@H](Nc3nc(-c4c[nH]c5ncc(Cl)cc45)ncc3F)C2)COC1.Cl. The Hall–Kier alpha value is -2.49. The zero-order valence-corrected chi connectivity index (χ0v) is 19.6. The fourth-order valence-corrected chi connectivity index (χ4v) is 4.46. The number of rotatable bonds is 5. The van der Waals surface area contributed by atoms with Gasteiger partial charge in [-0.3, -0.25) is 4.79 Å². The third-order valence-corrected chi connectivity index (χ3v) is 6.43. The van der Waals surface area contributed by atoms with Crippen LogP contribution in [0.4, 0.5) is 10.2 Å². The van der Waals surface area contributed by atoms with Gasteiger partial charge in [0.25, 0.3) is 0 Å². The first-order chi connectivity index (χ1) is 15.4. The monoisotopic (exact) mass is 494 g/mol. The molecule has 2 atom stereocenters. The molecule has 0 unspecified atom stereocenters. The number of carbonyl (C=O) groups is 1. The Morgan fingerprint density at radius 3 is 2.82 bits per heavy atom. The molecule has 1 saturated carbocycles.